The highest BCUT2D eigenvalue weighted by Gasteiger charge is 2.00. The van der Waals surface area contributed by atoms with Gasteiger partial charge in [-0.15, -0.1) is 5.28 Å². The lowest BCUT2D eigenvalue weighted by atomic mass is 10.3. The molecular formula is C10H22Al2O. The van der Waals surface area contributed by atoms with Crippen molar-refractivity contribution < 1.29 is 3.79 Å². The molecule has 0 amide bonds. The van der Waals surface area contributed by atoms with Crippen molar-refractivity contribution in [2.75, 3.05) is 6.61 Å². The topological polar surface area (TPSA) is 9.23 Å². The van der Waals surface area contributed by atoms with Crippen molar-refractivity contribution in [1.82, 2.24) is 0 Å². The zero-order valence-corrected chi connectivity index (χ0v) is 11.9. The molecule has 0 fully saturated rings. The molecule has 0 aromatic carbocycles. The van der Waals surface area contributed by atoms with Gasteiger partial charge >= 0.3 is 15.6 Å². The van der Waals surface area contributed by atoms with Crippen molar-refractivity contribution >= 4 is 30.8 Å². The Labute approximate surface area is 96.4 Å². The smallest absolute Gasteiger partial charge is 0.423 e. The largest absolute Gasteiger partial charge is 0.508 e. The Morgan fingerprint density at radius 3 is 2.15 bits per heavy atom. The van der Waals surface area contributed by atoms with Crippen LogP contribution in [0.15, 0.2) is 0 Å². The van der Waals surface area contributed by atoms with Crippen molar-refractivity contribution in [3.05, 3.63) is 0 Å². The zero-order valence-electron chi connectivity index (χ0n) is 9.55. The molecule has 2 radical (unpaired) electrons. The molecule has 0 rings (SSSR count). The molecule has 0 saturated carbocycles. The van der Waals surface area contributed by atoms with Crippen LogP contribution in [0.25, 0.3) is 0 Å². The molecule has 0 bridgehead atoms. The van der Waals surface area contributed by atoms with Crippen molar-refractivity contribution in [3.63, 3.8) is 0 Å². The average molecular weight is 212 g/mol. The number of hydrogen-bond acceptors (Lipinski definition) is 1. The summed E-state index contributed by atoms with van der Waals surface area (Å²) in [6.07, 6.45) is 0. The minimum atomic E-state index is 0.281. The number of rotatable bonds is 8. The van der Waals surface area contributed by atoms with E-state index in [0.29, 0.717) is 15.2 Å². The highest BCUT2D eigenvalue weighted by Crippen LogP contribution is 2.02. The van der Waals surface area contributed by atoms with E-state index >= 15 is 0 Å². The molecule has 0 N–H and O–H groups in total. The summed E-state index contributed by atoms with van der Waals surface area (Å²) in [6, 6.07) is 0. The van der Waals surface area contributed by atoms with Gasteiger partial charge in [-0.25, -0.2) is 0 Å². The van der Waals surface area contributed by atoms with E-state index in [1.54, 1.807) is 0 Å². The summed E-state index contributed by atoms with van der Waals surface area (Å²) in [5.74, 6) is 1.70. The van der Waals surface area contributed by atoms with E-state index in [2.05, 4.69) is 27.7 Å². The Hall–Kier alpha value is 1.02. The minimum Gasteiger partial charge on any atom is -0.508 e. The molecule has 13 heavy (non-hydrogen) atoms. The highest BCUT2D eigenvalue weighted by molar-refractivity contribution is 6.35. The van der Waals surface area contributed by atoms with Crippen LogP contribution in [-0.4, -0.2) is 37.4 Å². The molecule has 0 aliphatic heterocycles. The second-order valence-electron chi connectivity index (χ2n) is 4.37. The van der Waals surface area contributed by atoms with Gasteiger partial charge in [0.25, 0.3) is 0 Å². The van der Waals surface area contributed by atoms with Gasteiger partial charge in [0.05, 0.1) is 0 Å². The predicted octanol–water partition coefficient (Wildman–Crippen LogP) is 2.89. The van der Waals surface area contributed by atoms with E-state index in [4.69, 9.17) is 3.79 Å². The summed E-state index contributed by atoms with van der Waals surface area (Å²) >= 11 is 0.936. The van der Waals surface area contributed by atoms with Gasteiger partial charge in [-0.05, 0) is 0 Å². The van der Waals surface area contributed by atoms with Gasteiger partial charge in [-0.3, -0.25) is 0 Å². The molecule has 0 spiro atoms. The molecule has 1 nitrogen and oxygen atoms in total. The van der Waals surface area contributed by atoms with Crippen molar-refractivity contribution in [2.24, 2.45) is 11.8 Å². The van der Waals surface area contributed by atoms with E-state index in [-0.39, 0.29) is 15.6 Å². The third-order valence-electron chi connectivity index (χ3n) is 1.76. The molecule has 0 aromatic heterocycles. The number of hydrogen-bond donors (Lipinski definition) is 0. The first-order valence-corrected chi connectivity index (χ1v) is 8.30. The maximum atomic E-state index is 5.63. The van der Waals surface area contributed by atoms with Gasteiger partial charge in [0.15, 0.2) is 0 Å². The summed E-state index contributed by atoms with van der Waals surface area (Å²) in [6.45, 7) is 10.2. The van der Waals surface area contributed by atoms with Gasteiger partial charge in [0.2, 0.25) is 15.2 Å². The summed E-state index contributed by atoms with van der Waals surface area (Å²) in [5, 5.41) is 4.06. The zero-order chi connectivity index (χ0) is 10.1. The van der Waals surface area contributed by atoms with E-state index in [9.17, 15) is 0 Å². The Balaban J connectivity index is 2.92. The molecule has 74 valence electrons. The van der Waals surface area contributed by atoms with Crippen LogP contribution in [0, 0.1) is 11.8 Å². The molecule has 0 heterocycles. The van der Waals surface area contributed by atoms with Crippen LogP contribution in [0.2, 0.25) is 15.8 Å². The van der Waals surface area contributed by atoms with Gasteiger partial charge in [0, 0.05) is 6.61 Å². The SMILES string of the molecule is CC(C)[CH2][Al][CH2]C[O][Al][CH2]C(C)C. The third kappa shape index (κ3) is 13.0. The Morgan fingerprint density at radius 2 is 1.62 bits per heavy atom. The van der Waals surface area contributed by atoms with Crippen LogP contribution in [0.3, 0.4) is 0 Å². The van der Waals surface area contributed by atoms with Gasteiger partial charge < -0.3 is 3.79 Å². The lowest BCUT2D eigenvalue weighted by molar-refractivity contribution is 0.355. The van der Waals surface area contributed by atoms with Gasteiger partial charge in [0.1, 0.15) is 0 Å². The first-order chi connectivity index (χ1) is 6.13. The van der Waals surface area contributed by atoms with E-state index in [1.807, 2.05) is 0 Å². The first kappa shape index (κ1) is 14.0. The Bertz CT molecular complexity index is 93.1. The van der Waals surface area contributed by atoms with Crippen LogP contribution in [0.1, 0.15) is 27.7 Å². The van der Waals surface area contributed by atoms with Crippen LogP contribution >= 0.6 is 0 Å². The molecule has 0 unspecified atom stereocenters. The molecule has 0 aliphatic carbocycles. The summed E-state index contributed by atoms with van der Waals surface area (Å²) in [7, 11) is 0. The van der Waals surface area contributed by atoms with Crippen LogP contribution in [0.4, 0.5) is 0 Å². The fraction of sp³-hybridized carbons (Fsp3) is 1.00. The van der Waals surface area contributed by atoms with Gasteiger partial charge in [-0.2, -0.15) is 0 Å². The van der Waals surface area contributed by atoms with Gasteiger partial charge in [-0.1, -0.05) is 50.1 Å². The van der Waals surface area contributed by atoms with E-state index < -0.39 is 0 Å². The normalized spacial score (nSPS) is 10.9. The minimum absolute atomic E-state index is 0.281. The van der Waals surface area contributed by atoms with Crippen molar-refractivity contribution in [3.8, 4) is 0 Å². The maximum absolute atomic E-state index is 5.63. The van der Waals surface area contributed by atoms with E-state index in [0.717, 1.165) is 18.4 Å². The molecule has 0 atom stereocenters. The lowest BCUT2D eigenvalue weighted by Crippen LogP contribution is -2.06. The van der Waals surface area contributed by atoms with Crippen molar-refractivity contribution in [1.29, 1.82) is 0 Å². The van der Waals surface area contributed by atoms with Crippen LogP contribution in [0.5, 0.6) is 0 Å². The van der Waals surface area contributed by atoms with Crippen LogP contribution in [-0.2, 0) is 3.79 Å². The molecule has 3 heteroatoms. The molecule has 0 saturated heterocycles. The molecule has 0 aromatic rings. The summed E-state index contributed by atoms with van der Waals surface area (Å²) < 4.78 is 5.63. The standard InChI is InChI=1S/2C4H9.C2H4O.2Al/c2*1-4(2)3;1-2-3;;/h2*4H,1H2,2-3H3;1-2H2;;/q;;-1;;+1. The Morgan fingerprint density at radius 1 is 1.00 bits per heavy atom. The Kier molecular flexibility index (Phi) is 10.3. The predicted molar refractivity (Wildman–Crippen MR) is 61.6 cm³/mol. The summed E-state index contributed by atoms with van der Waals surface area (Å²) in [4.78, 5) is 0. The second-order valence-corrected chi connectivity index (χ2v) is 7.14. The fourth-order valence-corrected chi connectivity index (χ4v) is 3.25. The average Bonchev–Trinajstić information content (AvgIpc) is 2.01. The van der Waals surface area contributed by atoms with Crippen LogP contribution < -0.4 is 0 Å². The first-order valence-electron chi connectivity index (χ1n) is 5.38. The molecule has 0 aliphatic rings. The third-order valence-corrected chi connectivity index (χ3v) is 5.29. The molecular weight excluding hydrogens is 190 g/mol. The fourth-order valence-electron chi connectivity index (χ4n) is 0.946. The maximum Gasteiger partial charge on any atom is 0.423 e. The highest BCUT2D eigenvalue weighted by atomic mass is 27.1. The monoisotopic (exact) mass is 212 g/mol. The quantitative estimate of drug-likeness (QED) is 0.444. The van der Waals surface area contributed by atoms with E-state index in [1.165, 1.54) is 15.8 Å². The van der Waals surface area contributed by atoms with Crippen molar-refractivity contribution in [2.45, 2.75) is 43.5 Å². The second kappa shape index (κ2) is 9.58. The lowest BCUT2D eigenvalue weighted by Gasteiger charge is -2.05. The summed E-state index contributed by atoms with van der Waals surface area (Å²) in [5.41, 5.74) is 0.